The van der Waals surface area contributed by atoms with Crippen molar-refractivity contribution in [2.24, 2.45) is 5.92 Å². The number of thioether (sulfide) groups is 1. The molecule has 0 aromatic heterocycles. The molecule has 1 aliphatic heterocycles. The molecule has 3 aromatic carbocycles. The minimum Gasteiger partial charge on any atom is -0.510 e. The summed E-state index contributed by atoms with van der Waals surface area (Å²) in [5.74, 6) is -1.78. The van der Waals surface area contributed by atoms with Gasteiger partial charge in [-0.15, -0.1) is 0 Å². The van der Waals surface area contributed by atoms with Crippen LogP contribution in [0.4, 0.5) is 0 Å². The first-order valence-electron chi connectivity index (χ1n) is 8.55. The van der Waals surface area contributed by atoms with Gasteiger partial charge in [-0.1, -0.05) is 78.9 Å². The number of Topliss-reactive ketones (excluding diaryl/α,β-unsaturated/α-hetero) is 1. The highest BCUT2D eigenvalue weighted by Crippen LogP contribution is 2.39. The molecule has 0 amide bonds. The molecule has 0 fully saturated rings. The van der Waals surface area contributed by atoms with E-state index in [1.807, 2.05) is 60.7 Å². The van der Waals surface area contributed by atoms with Gasteiger partial charge in [0.25, 0.3) is 0 Å². The first-order valence-corrected chi connectivity index (χ1v) is 9.37. The lowest BCUT2D eigenvalue weighted by Crippen LogP contribution is -2.29. The molecule has 3 nitrogen and oxygen atoms in total. The summed E-state index contributed by atoms with van der Waals surface area (Å²) in [6, 6.07) is 25.6. The summed E-state index contributed by atoms with van der Waals surface area (Å²) < 4.78 is 0. The molecule has 0 bridgehead atoms. The molecule has 1 atom stereocenters. The van der Waals surface area contributed by atoms with E-state index in [0.717, 1.165) is 22.9 Å². The van der Waals surface area contributed by atoms with Gasteiger partial charge in [-0.3, -0.25) is 9.59 Å². The summed E-state index contributed by atoms with van der Waals surface area (Å²) >= 11 is 1.01. The largest absolute Gasteiger partial charge is 0.510 e. The predicted octanol–water partition coefficient (Wildman–Crippen LogP) is 5.14. The van der Waals surface area contributed by atoms with Crippen LogP contribution in [-0.2, 0) is 4.79 Å². The third-order valence-corrected chi connectivity index (χ3v) is 5.53. The van der Waals surface area contributed by atoms with Gasteiger partial charge in [-0.2, -0.15) is 0 Å². The van der Waals surface area contributed by atoms with Crippen LogP contribution in [0.1, 0.15) is 21.5 Å². The monoisotopic (exact) mass is 372 g/mol. The number of carbonyl (C=O) groups is 2. The van der Waals surface area contributed by atoms with Crippen molar-refractivity contribution in [3.05, 3.63) is 107 Å². The van der Waals surface area contributed by atoms with Crippen molar-refractivity contribution in [3.63, 3.8) is 0 Å². The molecule has 1 N–H and O–H groups in total. The standard InChI is InChI=1S/C23H16O3S/c24-21-17-13-7-8-14-18(17)27-23(26)20(21)22(25)19(15-9-3-1-4-10-15)16-11-5-2-6-12-16/h1-14,20,25H. The van der Waals surface area contributed by atoms with Crippen LogP contribution in [0, 0.1) is 5.92 Å². The number of carbonyl (C=O) groups excluding carboxylic acids is 2. The fourth-order valence-electron chi connectivity index (χ4n) is 3.24. The lowest BCUT2D eigenvalue weighted by Gasteiger charge is -2.23. The highest BCUT2D eigenvalue weighted by molar-refractivity contribution is 8.14. The second-order valence-corrected chi connectivity index (χ2v) is 7.25. The molecule has 1 aliphatic rings. The molecule has 0 saturated carbocycles. The number of hydrogen-bond acceptors (Lipinski definition) is 4. The van der Waals surface area contributed by atoms with Gasteiger partial charge in [-0.25, -0.2) is 0 Å². The molecule has 0 spiro atoms. The normalized spacial score (nSPS) is 15.9. The number of benzene rings is 3. The van der Waals surface area contributed by atoms with Crippen LogP contribution >= 0.6 is 11.8 Å². The third-order valence-electron chi connectivity index (χ3n) is 4.52. The Labute approximate surface area is 161 Å². The molecule has 1 heterocycles. The van der Waals surface area contributed by atoms with Crippen LogP contribution in [0.3, 0.4) is 0 Å². The molecular weight excluding hydrogens is 356 g/mol. The van der Waals surface area contributed by atoms with Crippen molar-refractivity contribution in [3.8, 4) is 0 Å². The summed E-state index contributed by atoms with van der Waals surface area (Å²) in [7, 11) is 0. The number of rotatable bonds is 3. The molecule has 27 heavy (non-hydrogen) atoms. The Balaban J connectivity index is 1.90. The molecule has 1 unspecified atom stereocenters. The van der Waals surface area contributed by atoms with E-state index < -0.39 is 5.92 Å². The summed E-state index contributed by atoms with van der Waals surface area (Å²) in [5, 5.41) is 10.8. The molecule has 0 saturated heterocycles. The fraction of sp³-hybridized carbons (Fsp3) is 0.0435. The first kappa shape index (κ1) is 17.3. The Hall–Kier alpha value is -3.11. The quantitative estimate of drug-likeness (QED) is 0.511. The zero-order valence-electron chi connectivity index (χ0n) is 14.3. The van der Waals surface area contributed by atoms with Crippen LogP contribution in [0.5, 0.6) is 0 Å². The van der Waals surface area contributed by atoms with Crippen molar-refractivity contribution >= 4 is 28.2 Å². The van der Waals surface area contributed by atoms with Crippen molar-refractivity contribution in [2.75, 3.05) is 0 Å². The number of hydrogen-bond donors (Lipinski definition) is 1. The van der Waals surface area contributed by atoms with E-state index in [2.05, 4.69) is 0 Å². The molecule has 4 rings (SSSR count). The summed E-state index contributed by atoms with van der Waals surface area (Å²) in [6.07, 6.45) is 0. The van der Waals surface area contributed by atoms with Crippen LogP contribution in [0.2, 0.25) is 0 Å². The van der Waals surface area contributed by atoms with Gasteiger partial charge in [0.1, 0.15) is 11.7 Å². The minimum absolute atomic E-state index is 0.204. The number of ketones is 1. The van der Waals surface area contributed by atoms with Gasteiger partial charge in [0.05, 0.1) is 0 Å². The minimum atomic E-state index is -1.21. The van der Waals surface area contributed by atoms with Gasteiger partial charge >= 0.3 is 0 Å². The molecule has 0 radical (unpaired) electrons. The summed E-state index contributed by atoms with van der Waals surface area (Å²) in [5.41, 5.74) is 2.48. The van der Waals surface area contributed by atoms with Crippen LogP contribution in [-0.4, -0.2) is 16.0 Å². The Bertz CT molecular complexity index is 998. The highest BCUT2D eigenvalue weighted by atomic mass is 32.2. The maximum absolute atomic E-state index is 13.0. The Morgan fingerprint density at radius 2 is 1.26 bits per heavy atom. The average molecular weight is 372 g/mol. The van der Waals surface area contributed by atoms with E-state index >= 15 is 0 Å². The van der Waals surface area contributed by atoms with Gasteiger partial charge < -0.3 is 5.11 Å². The maximum Gasteiger partial charge on any atom is 0.212 e. The lowest BCUT2D eigenvalue weighted by molar-refractivity contribution is -0.113. The molecule has 132 valence electrons. The van der Waals surface area contributed by atoms with Gasteiger partial charge in [-0.05, 0) is 29.0 Å². The van der Waals surface area contributed by atoms with Crippen molar-refractivity contribution in [2.45, 2.75) is 4.90 Å². The molecule has 0 aliphatic carbocycles. The number of aliphatic hydroxyl groups excluding tert-OH is 1. The van der Waals surface area contributed by atoms with E-state index in [1.165, 1.54) is 0 Å². The van der Waals surface area contributed by atoms with E-state index in [-0.39, 0.29) is 16.7 Å². The summed E-state index contributed by atoms with van der Waals surface area (Å²) in [4.78, 5) is 26.4. The number of aliphatic hydroxyl groups is 1. The van der Waals surface area contributed by atoms with Gasteiger partial charge in [0.15, 0.2) is 5.78 Å². The smallest absolute Gasteiger partial charge is 0.212 e. The molecule has 3 aromatic rings. The van der Waals surface area contributed by atoms with Crippen LogP contribution < -0.4 is 0 Å². The number of fused-ring (bicyclic) bond motifs is 1. The molecule has 4 heteroatoms. The third kappa shape index (κ3) is 3.20. The fourth-order valence-corrected chi connectivity index (χ4v) is 4.22. The van der Waals surface area contributed by atoms with Crippen LogP contribution in [0.15, 0.2) is 95.6 Å². The second-order valence-electron chi connectivity index (χ2n) is 6.21. The zero-order valence-corrected chi connectivity index (χ0v) is 15.1. The first-order chi connectivity index (χ1) is 13.2. The average Bonchev–Trinajstić information content (AvgIpc) is 2.70. The highest BCUT2D eigenvalue weighted by Gasteiger charge is 2.39. The lowest BCUT2D eigenvalue weighted by atomic mass is 9.88. The summed E-state index contributed by atoms with van der Waals surface area (Å²) in [6.45, 7) is 0. The second kappa shape index (κ2) is 7.25. The Morgan fingerprint density at radius 1 is 0.741 bits per heavy atom. The van der Waals surface area contributed by atoms with Crippen LogP contribution in [0.25, 0.3) is 5.57 Å². The topological polar surface area (TPSA) is 54.4 Å². The van der Waals surface area contributed by atoms with E-state index in [4.69, 9.17) is 0 Å². The SMILES string of the molecule is O=C1Sc2ccccc2C(=O)C1C(O)=C(c1ccccc1)c1ccccc1. The predicted molar refractivity (Wildman–Crippen MR) is 107 cm³/mol. The zero-order chi connectivity index (χ0) is 18.8. The van der Waals surface area contributed by atoms with Gasteiger partial charge in [0.2, 0.25) is 5.12 Å². The van der Waals surface area contributed by atoms with Crippen molar-refractivity contribution < 1.29 is 14.7 Å². The van der Waals surface area contributed by atoms with Gasteiger partial charge in [0, 0.05) is 16.0 Å². The van der Waals surface area contributed by atoms with E-state index in [1.54, 1.807) is 24.3 Å². The molecular formula is C23H16O3S. The maximum atomic E-state index is 13.0. The number of allylic oxidation sites excluding steroid dienone is 1. The van der Waals surface area contributed by atoms with Crippen molar-refractivity contribution in [1.29, 1.82) is 0 Å². The van der Waals surface area contributed by atoms with E-state index in [0.29, 0.717) is 16.0 Å². The van der Waals surface area contributed by atoms with Crippen molar-refractivity contribution in [1.82, 2.24) is 0 Å². The van der Waals surface area contributed by atoms with E-state index in [9.17, 15) is 14.7 Å². The Kier molecular flexibility index (Phi) is 4.65. The Morgan fingerprint density at radius 3 is 1.85 bits per heavy atom.